The maximum absolute atomic E-state index is 13.5. The van der Waals surface area contributed by atoms with E-state index >= 15 is 0 Å². The number of amides is 2. The van der Waals surface area contributed by atoms with Gasteiger partial charge in [-0.2, -0.15) is 0 Å². The molecule has 5 heterocycles. The minimum atomic E-state index is -0.168. The van der Waals surface area contributed by atoms with Crippen LogP contribution >= 0.6 is 0 Å². The van der Waals surface area contributed by atoms with Gasteiger partial charge in [0.2, 0.25) is 5.91 Å². The Morgan fingerprint density at radius 1 is 1.07 bits per heavy atom. The van der Waals surface area contributed by atoms with E-state index in [4.69, 9.17) is 20.4 Å². The second kappa shape index (κ2) is 11.0. The van der Waals surface area contributed by atoms with Crippen LogP contribution in [0.1, 0.15) is 74.0 Å². The molecule has 1 saturated carbocycles. The average Bonchev–Trinajstić information content (AvgIpc) is 3.59. The van der Waals surface area contributed by atoms with Crippen molar-refractivity contribution < 1.29 is 14.3 Å². The maximum Gasteiger partial charge on any atom is 0.254 e. The summed E-state index contributed by atoms with van der Waals surface area (Å²) < 4.78 is 10.1. The lowest BCUT2D eigenvalue weighted by atomic mass is 10.0. The van der Waals surface area contributed by atoms with Crippen molar-refractivity contribution in [3.8, 4) is 17.3 Å². The number of methoxy groups -OCH3 is 1. The van der Waals surface area contributed by atoms with Gasteiger partial charge >= 0.3 is 0 Å². The smallest absolute Gasteiger partial charge is 0.254 e. The molecule has 10 heteroatoms. The molecule has 226 valence electrons. The predicted molar refractivity (Wildman–Crippen MR) is 166 cm³/mol. The van der Waals surface area contributed by atoms with Gasteiger partial charge in [-0.15, -0.1) is 0 Å². The van der Waals surface area contributed by atoms with Crippen LogP contribution in [0.2, 0.25) is 0 Å². The highest BCUT2D eigenvalue weighted by Gasteiger charge is 2.42. The molecular formula is C33H41N7O3. The van der Waals surface area contributed by atoms with Gasteiger partial charge in [0, 0.05) is 49.6 Å². The number of imidazole rings is 1. The maximum atomic E-state index is 13.5. The van der Waals surface area contributed by atoms with E-state index in [0.29, 0.717) is 35.8 Å². The van der Waals surface area contributed by atoms with Gasteiger partial charge in [-0.3, -0.25) is 9.59 Å². The molecule has 3 N–H and O–H groups in total. The van der Waals surface area contributed by atoms with Crippen molar-refractivity contribution >= 4 is 33.9 Å². The lowest BCUT2D eigenvalue weighted by Gasteiger charge is -2.30. The van der Waals surface area contributed by atoms with E-state index in [1.807, 2.05) is 37.1 Å². The second-order valence-corrected chi connectivity index (χ2v) is 12.7. The molecule has 4 atom stereocenters. The number of fused-ring (bicyclic) bond motifs is 3. The molecule has 3 aliphatic rings. The van der Waals surface area contributed by atoms with Crippen molar-refractivity contribution in [1.29, 1.82) is 0 Å². The fraction of sp³-hybridized carbons (Fsp3) is 0.515. The first-order valence-corrected chi connectivity index (χ1v) is 15.7. The monoisotopic (exact) mass is 583 g/mol. The fourth-order valence-corrected chi connectivity index (χ4v) is 7.13. The number of piperidine rings is 1. The highest BCUT2D eigenvalue weighted by Crippen LogP contribution is 2.43. The van der Waals surface area contributed by atoms with Gasteiger partial charge in [-0.05, 0) is 75.3 Å². The van der Waals surface area contributed by atoms with Gasteiger partial charge in [-0.1, -0.05) is 12.8 Å². The highest BCUT2D eigenvalue weighted by atomic mass is 16.5. The molecule has 43 heavy (non-hydrogen) atoms. The van der Waals surface area contributed by atoms with Gasteiger partial charge < -0.3 is 29.8 Å². The van der Waals surface area contributed by atoms with Crippen LogP contribution in [0, 0.1) is 11.8 Å². The van der Waals surface area contributed by atoms with Crippen LogP contribution in [0.5, 0.6) is 5.75 Å². The molecule has 10 nitrogen and oxygen atoms in total. The Balaban J connectivity index is 1.30. The van der Waals surface area contributed by atoms with Gasteiger partial charge in [0.25, 0.3) is 5.91 Å². The summed E-state index contributed by atoms with van der Waals surface area (Å²) in [5, 5.41) is 4.24. The Morgan fingerprint density at radius 3 is 2.74 bits per heavy atom. The van der Waals surface area contributed by atoms with Crippen LogP contribution in [-0.2, 0) is 18.4 Å². The number of aromatic nitrogens is 4. The summed E-state index contributed by atoms with van der Waals surface area (Å²) in [5.74, 6) is 2.20. The van der Waals surface area contributed by atoms with E-state index in [-0.39, 0.29) is 29.8 Å². The average molecular weight is 584 g/mol. The molecule has 4 aromatic rings. The van der Waals surface area contributed by atoms with Crippen molar-refractivity contribution in [2.45, 2.75) is 70.5 Å². The number of carbonyl (C=O) groups is 2. The van der Waals surface area contributed by atoms with Crippen LogP contribution in [-0.4, -0.2) is 62.1 Å². The Morgan fingerprint density at radius 2 is 1.93 bits per heavy atom. The van der Waals surface area contributed by atoms with E-state index in [9.17, 15) is 9.59 Å². The Hall–Kier alpha value is -3.92. The number of pyridine rings is 1. The van der Waals surface area contributed by atoms with Crippen molar-refractivity contribution in [2.75, 3.05) is 20.2 Å². The van der Waals surface area contributed by atoms with Crippen molar-refractivity contribution in [2.24, 2.45) is 24.6 Å². The van der Waals surface area contributed by atoms with Crippen LogP contribution < -0.4 is 15.8 Å². The molecule has 2 amide bonds. The number of nitrogens with two attached hydrogens (primary N) is 1. The van der Waals surface area contributed by atoms with Gasteiger partial charge in [0.15, 0.2) is 5.82 Å². The van der Waals surface area contributed by atoms with E-state index in [0.717, 1.165) is 85.3 Å². The second-order valence-electron chi connectivity index (χ2n) is 12.7. The SMILES string of the molecule is COc1cc(C(=O)N2CCC[C@@H](N)C2)cc2nc(-c3cc4ccc5nc4n3CCCCC[C@@H]3C[C@H]3C(=O)N[C@@H]5C)n(C)c12. The van der Waals surface area contributed by atoms with E-state index < -0.39 is 0 Å². The quantitative estimate of drug-likeness (QED) is 0.365. The molecule has 0 unspecified atom stereocenters. The van der Waals surface area contributed by atoms with Crippen LogP contribution in [0.25, 0.3) is 33.6 Å². The summed E-state index contributed by atoms with van der Waals surface area (Å²) >= 11 is 0. The molecule has 1 saturated heterocycles. The number of hydrogen-bond acceptors (Lipinski definition) is 6. The summed E-state index contributed by atoms with van der Waals surface area (Å²) in [7, 11) is 3.63. The van der Waals surface area contributed by atoms with Gasteiger partial charge in [-0.25, -0.2) is 9.97 Å². The third-order valence-electron chi connectivity index (χ3n) is 9.66. The van der Waals surface area contributed by atoms with Crippen LogP contribution in [0.3, 0.4) is 0 Å². The first kappa shape index (κ1) is 27.9. The first-order valence-electron chi connectivity index (χ1n) is 15.7. The summed E-state index contributed by atoms with van der Waals surface area (Å²) in [6.45, 7) is 4.10. The standard InChI is InChI=1S/C33H41N7O3/c1-19-25-11-10-21-16-27(40(30(21)36-25)13-6-4-5-8-20-14-24(20)32(41)35-19)31-37-26-15-22(17-28(43-3)29(26)38(31)2)33(42)39-12-7-9-23(34)18-39/h10-11,15-17,19-20,23-24H,4-9,12-14,18,34H2,1-3H3,(H,35,41)/t19-,20-,23-,24-/m1/s1. The number of carbonyl (C=O) groups excluding carboxylic acids is 2. The molecule has 2 aliphatic heterocycles. The normalized spacial score (nSPS) is 24.6. The van der Waals surface area contributed by atoms with Crippen molar-refractivity contribution in [3.63, 3.8) is 0 Å². The minimum absolute atomic E-state index is 0.00791. The number of nitrogens with one attached hydrogen (secondary N) is 1. The lowest BCUT2D eigenvalue weighted by Crippen LogP contribution is -2.45. The number of ether oxygens (including phenoxy) is 1. The number of benzene rings is 1. The van der Waals surface area contributed by atoms with E-state index in [2.05, 4.69) is 26.6 Å². The summed E-state index contributed by atoms with van der Waals surface area (Å²) in [6.07, 6.45) is 7.21. The zero-order valence-electron chi connectivity index (χ0n) is 25.3. The molecule has 0 spiro atoms. The predicted octanol–water partition coefficient (Wildman–Crippen LogP) is 4.55. The molecule has 7 rings (SSSR count). The summed E-state index contributed by atoms with van der Waals surface area (Å²) in [4.78, 5) is 38.4. The Bertz CT molecular complexity index is 1720. The summed E-state index contributed by atoms with van der Waals surface area (Å²) in [5.41, 5.74) is 11.0. The fourth-order valence-electron chi connectivity index (χ4n) is 7.13. The molecule has 1 aromatic carbocycles. The third-order valence-corrected chi connectivity index (χ3v) is 9.66. The van der Waals surface area contributed by atoms with Crippen molar-refractivity contribution in [3.05, 3.63) is 41.6 Å². The largest absolute Gasteiger partial charge is 0.494 e. The molecule has 3 aromatic heterocycles. The molecule has 0 radical (unpaired) electrons. The van der Waals surface area contributed by atoms with Crippen molar-refractivity contribution in [1.82, 2.24) is 29.3 Å². The van der Waals surface area contributed by atoms with E-state index in [1.54, 1.807) is 7.11 Å². The zero-order valence-corrected chi connectivity index (χ0v) is 25.3. The number of rotatable bonds is 3. The number of hydrogen-bond donors (Lipinski definition) is 2. The van der Waals surface area contributed by atoms with Gasteiger partial charge in [0.1, 0.15) is 16.9 Å². The van der Waals surface area contributed by atoms with Crippen LogP contribution in [0.15, 0.2) is 30.3 Å². The molecular weight excluding hydrogens is 542 g/mol. The lowest BCUT2D eigenvalue weighted by molar-refractivity contribution is -0.123. The van der Waals surface area contributed by atoms with Gasteiger partial charge in [0.05, 0.1) is 30.1 Å². The first-order chi connectivity index (χ1) is 20.8. The number of aryl methyl sites for hydroxylation is 2. The molecule has 2 fully saturated rings. The third kappa shape index (κ3) is 5.05. The summed E-state index contributed by atoms with van der Waals surface area (Å²) in [6, 6.07) is 9.80. The molecule has 2 bridgehead atoms. The Labute approximate surface area is 251 Å². The minimum Gasteiger partial charge on any atom is -0.494 e. The Kier molecular flexibility index (Phi) is 7.12. The number of likely N-dealkylation sites (tertiary alicyclic amines) is 1. The zero-order chi connectivity index (χ0) is 29.8. The number of nitrogens with zero attached hydrogens (tertiary/aromatic N) is 5. The van der Waals surface area contributed by atoms with E-state index in [1.165, 1.54) is 0 Å². The van der Waals surface area contributed by atoms with Crippen LogP contribution in [0.4, 0.5) is 0 Å². The topological polar surface area (TPSA) is 120 Å². The molecule has 1 aliphatic carbocycles. The highest BCUT2D eigenvalue weighted by molar-refractivity contribution is 6.00.